The van der Waals surface area contributed by atoms with E-state index >= 15 is 0 Å². The lowest BCUT2D eigenvalue weighted by Gasteiger charge is -2.37. The van der Waals surface area contributed by atoms with Crippen molar-refractivity contribution in [3.63, 3.8) is 0 Å². The molecule has 0 aromatic heterocycles. The predicted octanol–water partition coefficient (Wildman–Crippen LogP) is 1.83. The van der Waals surface area contributed by atoms with E-state index in [2.05, 4.69) is 35.8 Å². The van der Waals surface area contributed by atoms with E-state index in [9.17, 15) is 0 Å². The van der Waals surface area contributed by atoms with Gasteiger partial charge in [0.2, 0.25) is 0 Å². The Morgan fingerprint density at radius 1 is 1.35 bits per heavy atom. The van der Waals surface area contributed by atoms with Crippen LogP contribution in [0.25, 0.3) is 0 Å². The zero-order chi connectivity index (χ0) is 12.5. The smallest absolute Gasteiger partial charge is 0.0477 e. The Kier molecular flexibility index (Phi) is 8.27. The monoisotopic (exact) mass is 260 g/mol. The Morgan fingerprint density at radius 3 is 2.94 bits per heavy atom. The van der Waals surface area contributed by atoms with Crippen molar-refractivity contribution in [2.45, 2.75) is 38.5 Å². The van der Waals surface area contributed by atoms with Gasteiger partial charge in [-0.15, -0.1) is 0 Å². The highest BCUT2D eigenvalue weighted by atomic mass is 32.2. The largest absolute Gasteiger partial charge is 0.382 e. The molecule has 2 unspecified atom stereocenters. The molecule has 1 fully saturated rings. The summed E-state index contributed by atoms with van der Waals surface area (Å²) < 4.78 is 5.31. The standard InChI is InChI=1S/C13H28N2OS/c1-4-16-10-5-6-14-7-8-15-9-11-17-13(3)12(15)2/h12-14H,4-11H2,1-3H3. The van der Waals surface area contributed by atoms with Crippen LogP contribution in [0, 0.1) is 0 Å². The third kappa shape index (κ3) is 6.09. The molecule has 0 aromatic rings. The first-order valence-electron chi connectivity index (χ1n) is 6.89. The second-order valence-electron chi connectivity index (χ2n) is 4.65. The summed E-state index contributed by atoms with van der Waals surface area (Å²) in [5.41, 5.74) is 0. The molecule has 0 saturated carbocycles. The Labute approximate surface area is 111 Å². The summed E-state index contributed by atoms with van der Waals surface area (Å²) in [6, 6.07) is 0.721. The normalized spacial score (nSPS) is 26.3. The summed E-state index contributed by atoms with van der Waals surface area (Å²) in [4.78, 5) is 2.61. The molecule has 3 nitrogen and oxygen atoms in total. The van der Waals surface area contributed by atoms with Gasteiger partial charge in [-0.2, -0.15) is 11.8 Å². The highest BCUT2D eigenvalue weighted by Gasteiger charge is 2.24. The van der Waals surface area contributed by atoms with Crippen LogP contribution >= 0.6 is 11.8 Å². The minimum atomic E-state index is 0.721. The zero-order valence-electron chi connectivity index (χ0n) is 11.6. The molecule has 1 N–H and O–H groups in total. The van der Waals surface area contributed by atoms with E-state index in [1.807, 2.05) is 6.92 Å². The Balaban J connectivity index is 1.98. The number of thioether (sulfide) groups is 1. The molecule has 1 aliphatic heterocycles. The Morgan fingerprint density at radius 2 is 2.18 bits per heavy atom. The third-order valence-electron chi connectivity index (χ3n) is 3.44. The molecule has 102 valence electrons. The molecular weight excluding hydrogens is 232 g/mol. The van der Waals surface area contributed by atoms with Crippen LogP contribution in [0.4, 0.5) is 0 Å². The average molecular weight is 260 g/mol. The van der Waals surface area contributed by atoms with Crippen LogP contribution in [0.3, 0.4) is 0 Å². The van der Waals surface area contributed by atoms with Crippen molar-refractivity contribution in [1.29, 1.82) is 0 Å². The van der Waals surface area contributed by atoms with Crippen LogP contribution in [0.5, 0.6) is 0 Å². The van der Waals surface area contributed by atoms with Crippen LogP contribution in [0.1, 0.15) is 27.2 Å². The summed E-state index contributed by atoms with van der Waals surface area (Å²) in [6.45, 7) is 13.1. The molecule has 1 rings (SSSR count). The molecule has 0 aromatic carbocycles. The summed E-state index contributed by atoms with van der Waals surface area (Å²) in [6.07, 6.45) is 1.12. The van der Waals surface area contributed by atoms with E-state index in [-0.39, 0.29) is 0 Å². The van der Waals surface area contributed by atoms with Gasteiger partial charge in [-0.3, -0.25) is 4.90 Å². The van der Waals surface area contributed by atoms with Crippen LogP contribution < -0.4 is 5.32 Å². The quantitative estimate of drug-likeness (QED) is 0.673. The second-order valence-corrected chi connectivity index (χ2v) is 6.14. The van der Waals surface area contributed by atoms with Gasteiger partial charge in [0.25, 0.3) is 0 Å². The minimum absolute atomic E-state index is 0.721. The van der Waals surface area contributed by atoms with E-state index in [1.165, 1.54) is 18.8 Å². The van der Waals surface area contributed by atoms with Gasteiger partial charge in [0.05, 0.1) is 0 Å². The molecule has 2 atom stereocenters. The summed E-state index contributed by atoms with van der Waals surface area (Å²) in [5.74, 6) is 1.29. The van der Waals surface area contributed by atoms with Crippen LogP contribution in [0.15, 0.2) is 0 Å². The lowest BCUT2D eigenvalue weighted by atomic mass is 10.2. The van der Waals surface area contributed by atoms with Gasteiger partial charge >= 0.3 is 0 Å². The van der Waals surface area contributed by atoms with Crippen molar-refractivity contribution >= 4 is 11.8 Å². The van der Waals surface area contributed by atoms with Gasteiger partial charge in [-0.05, 0) is 26.8 Å². The van der Waals surface area contributed by atoms with Crippen molar-refractivity contribution < 1.29 is 4.74 Å². The van der Waals surface area contributed by atoms with Crippen molar-refractivity contribution in [2.24, 2.45) is 0 Å². The average Bonchev–Trinajstić information content (AvgIpc) is 2.33. The fourth-order valence-electron chi connectivity index (χ4n) is 2.10. The zero-order valence-corrected chi connectivity index (χ0v) is 12.4. The molecular formula is C13H28N2OS. The number of ether oxygens (including phenoxy) is 1. The molecule has 0 aliphatic carbocycles. The maximum atomic E-state index is 5.31. The third-order valence-corrected chi connectivity index (χ3v) is 4.77. The molecule has 17 heavy (non-hydrogen) atoms. The number of hydrogen-bond donors (Lipinski definition) is 1. The van der Waals surface area contributed by atoms with E-state index in [0.29, 0.717) is 0 Å². The van der Waals surface area contributed by atoms with E-state index in [4.69, 9.17) is 4.74 Å². The minimum Gasteiger partial charge on any atom is -0.382 e. The summed E-state index contributed by atoms with van der Waals surface area (Å²) >= 11 is 2.10. The SMILES string of the molecule is CCOCCCNCCN1CCSC(C)C1C. The van der Waals surface area contributed by atoms with Gasteiger partial charge in [-0.25, -0.2) is 0 Å². The van der Waals surface area contributed by atoms with Crippen LogP contribution in [0.2, 0.25) is 0 Å². The van der Waals surface area contributed by atoms with E-state index in [0.717, 1.165) is 44.0 Å². The predicted molar refractivity (Wildman–Crippen MR) is 76.9 cm³/mol. The Bertz CT molecular complexity index is 192. The number of hydrogen-bond acceptors (Lipinski definition) is 4. The first-order valence-corrected chi connectivity index (χ1v) is 7.94. The van der Waals surface area contributed by atoms with E-state index in [1.54, 1.807) is 0 Å². The molecule has 0 amide bonds. The molecule has 1 aliphatic rings. The molecule has 1 heterocycles. The summed E-state index contributed by atoms with van der Waals surface area (Å²) in [7, 11) is 0. The van der Waals surface area contributed by atoms with E-state index < -0.39 is 0 Å². The van der Waals surface area contributed by atoms with Crippen LogP contribution in [-0.4, -0.2) is 61.3 Å². The fraction of sp³-hybridized carbons (Fsp3) is 1.00. The highest BCUT2D eigenvalue weighted by Crippen LogP contribution is 2.23. The lowest BCUT2D eigenvalue weighted by molar-refractivity contribution is 0.144. The van der Waals surface area contributed by atoms with Gasteiger partial charge < -0.3 is 10.1 Å². The number of rotatable bonds is 8. The van der Waals surface area contributed by atoms with Crippen molar-refractivity contribution in [2.75, 3.05) is 45.1 Å². The molecule has 0 radical (unpaired) electrons. The van der Waals surface area contributed by atoms with Gasteiger partial charge in [-0.1, -0.05) is 6.92 Å². The molecule has 0 bridgehead atoms. The second kappa shape index (κ2) is 9.20. The number of nitrogens with zero attached hydrogens (tertiary/aromatic N) is 1. The maximum absolute atomic E-state index is 5.31. The summed E-state index contributed by atoms with van der Waals surface area (Å²) in [5, 5.41) is 4.28. The topological polar surface area (TPSA) is 24.5 Å². The van der Waals surface area contributed by atoms with Crippen molar-refractivity contribution in [3.05, 3.63) is 0 Å². The fourth-order valence-corrected chi connectivity index (χ4v) is 3.26. The molecule has 4 heteroatoms. The van der Waals surface area contributed by atoms with Gasteiger partial charge in [0, 0.05) is 49.9 Å². The van der Waals surface area contributed by atoms with Gasteiger partial charge in [0.15, 0.2) is 0 Å². The highest BCUT2D eigenvalue weighted by molar-refractivity contribution is 8.00. The Hall–Kier alpha value is 0.230. The number of nitrogens with one attached hydrogen (secondary N) is 1. The first-order chi connectivity index (χ1) is 8.25. The lowest BCUT2D eigenvalue weighted by Crippen LogP contribution is -2.47. The van der Waals surface area contributed by atoms with Crippen molar-refractivity contribution in [3.8, 4) is 0 Å². The van der Waals surface area contributed by atoms with Crippen LogP contribution in [-0.2, 0) is 4.74 Å². The van der Waals surface area contributed by atoms with Gasteiger partial charge in [0.1, 0.15) is 0 Å². The maximum Gasteiger partial charge on any atom is 0.0477 e. The molecule has 0 spiro atoms. The molecule has 1 saturated heterocycles. The van der Waals surface area contributed by atoms with Crippen molar-refractivity contribution in [1.82, 2.24) is 10.2 Å². The first kappa shape index (κ1) is 15.3.